The molecule has 0 saturated heterocycles. The topological polar surface area (TPSA) is 237 Å². The number of esters is 4. The normalized spacial score (nSPS) is 14.5. The highest BCUT2D eigenvalue weighted by Gasteiger charge is 2.30. The van der Waals surface area contributed by atoms with Gasteiger partial charge in [-0.05, 0) is 43.4 Å². The van der Waals surface area contributed by atoms with Crippen molar-refractivity contribution in [1.82, 2.24) is 0 Å². The molecule has 0 aliphatic heterocycles. The van der Waals surface area contributed by atoms with Gasteiger partial charge in [0.15, 0.2) is 12.2 Å². The van der Waals surface area contributed by atoms with E-state index >= 15 is 0 Å². The number of ether oxygens (including phenoxy) is 4. The Kier molecular flexibility index (Phi) is 61.5. The molecule has 0 aromatic heterocycles. The second-order valence-corrected chi connectivity index (χ2v) is 30.1. The molecular formula is C72H140O17P2. The van der Waals surface area contributed by atoms with Crippen LogP contribution in [0.3, 0.4) is 0 Å². The lowest BCUT2D eigenvalue weighted by Gasteiger charge is -2.21. The molecule has 0 fully saturated rings. The van der Waals surface area contributed by atoms with Crippen molar-refractivity contribution in [2.24, 2.45) is 17.8 Å². The lowest BCUT2D eigenvalue weighted by molar-refractivity contribution is -0.161. The van der Waals surface area contributed by atoms with Crippen molar-refractivity contribution in [3.8, 4) is 0 Å². The van der Waals surface area contributed by atoms with Crippen LogP contribution in [-0.2, 0) is 65.4 Å². The monoisotopic (exact) mass is 1340 g/mol. The molecule has 0 bridgehead atoms. The molecule has 0 aliphatic rings. The van der Waals surface area contributed by atoms with E-state index in [1.165, 1.54) is 167 Å². The van der Waals surface area contributed by atoms with E-state index in [0.29, 0.717) is 31.6 Å². The summed E-state index contributed by atoms with van der Waals surface area (Å²) >= 11 is 0. The van der Waals surface area contributed by atoms with Gasteiger partial charge in [0.05, 0.1) is 26.4 Å². The number of phosphoric acid groups is 2. The zero-order valence-electron chi connectivity index (χ0n) is 59.3. The number of carbonyl (C=O) groups excluding carboxylic acids is 4. The average molecular weight is 1340 g/mol. The molecule has 540 valence electrons. The summed E-state index contributed by atoms with van der Waals surface area (Å²) in [5.41, 5.74) is 0. The molecule has 0 radical (unpaired) electrons. The number of unbranched alkanes of at least 4 members (excludes halogenated alkanes) is 37. The summed E-state index contributed by atoms with van der Waals surface area (Å²) in [6.45, 7) is 11.8. The van der Waals surface area contributed by atoms with E-state index < -0.39 is 97.5 Å². The molecule has 0 aliphatic carbocycles. The molecule has 0 aromatic rings. The number of aliphatic hydroxyl groups excluding tert-OH is 1. The predicted molar refractivity (Wildman–Crippen MR) is 368 cm³/mol. The third kappa shape index (κ3) is 65.1. The highest BCUT2D eigenvalue weighted by atomic mass is 31.2. The third-order valence-electron chi connectivity index (χ3n) is 17.0. The highest BCUT2D eigenvalue weighted by molar-refractivity contribution is 7.47. The molecule has 17 nitrogen and oxygen atoms in total. The van der Waals surface area contributed by atoms with Crippen LogP contribution in [0.1, 0.15) is 363 Å². The predicted octanol–water partition coefficient (Wildman–Crippen LogP) is 20.6. The Morgan fingerprint density at radius 2 is 0.560 bits per heavy atom. The average Bonchev–Trinajstić information content (AvgIpc) is 2.73. The van der Waals surface area contributed by atoms with E-state index in [0.717, 1.165) is 108 Å². The maximum Gasteiger partial charge on any atom is 0.472 e. The van der Waals surface area contributed by atoms with Gasteiger partial charge in [-0.2, -0.15) is 0 Å². The fourth-order valence-electron chi connectivity index (χ4n) is 10.9. The zero-order chi connectivity index (χ0) is 67.3. The van der Waals surface area contributed by atoms with Gasteiger partial charge in [0.25, 0.3) is 0 Å². The van der Waals surface area contributed by atoms with Gasteiger partial charge in [0, 0.05) is 25.7 Å². The van der Waals surface area contributed by atoms with Gasteiger partial charge in [-0.3, -0.25) is 37.3 Å². The first-order valence-electron chi connectivity index (χ1n) is 37.4. The van der Waals surface area contributed by atoms with Crippen LogP contribution in [0.2, 0.25) is 0 Å². The quantitative estimate of drug-likeness (QED) is 0.0222. The molecule has 0 saturated carbocycles. The molecular weight excluding hydrogens is 1200 g/mol. The van der Waals surface area contributed by atoms with E-state index in [1.807, 2.05) is 0 Å². The number of aliphatic hydroxyl groups is 1. The fraction of sp³-hybridized carbons (Fsp3) is 0.944. The van der Waals surface area contributed by atoms with Crippen LogP contribution in [0.5, 0.6) is 0 Å². The van der Waals surface area contributed by atoms with E-state index in [9.17, 15) is 43.2 Å². The van der Waals surface area contributed by atoms with Crippen molar-refractivity contribution < 1.29 is 80.2 Å². The molecule has 19 heteroatoms. The molecule has 0 rings (SSSR count). The lowest BCUT2D eigenvalue weighted by atomic mass is 9.99. The maximum atomic E-state index is 13.0. The number of phosphoric ester groups is 2. The van der Waals surface area contributed by atoms with Gasteiger partial charge in [0.1, 0.15) is 19.3 Å². The maximum absolute atomic E-state index is 13.0. The standard InChI is InChI=1S/C72H140O17P2/c1-8-10-11-12-13-14-15-16-17-18-19-20-21-22-23-33-41-48-55-71(76)88-67(59-82-69(74)53-46-39-32-27-25-31-38-45-52-65(7)9-2)61-86-90(78,79)84-57-66(73)58-85-91(80,81)87-62-68(60-83-70(75)54-47-40-35-28-30-37-44-51-64(5)6)89-72(77)56-49-42-34-26-24-29-36-43-50-63(3)4/h63-68,73H,8-62H2,1-7H3,(H,78,79)(H,80,81)/t65?,66-,67-,68-/m1/s1. The molecule has 91 heavy (non-hydrogen) atoms. The summed E-state index contributed by atoms with van der Waals surface area (Å²) < 4.78 is 68.3. The smallest absolute Gasteiger partial charge is 0.462 e. The van der Waals surface area contributed by atoms with Crippen LogP contribution in [0.4, 0.5) is 0 Å². The summed E-state index contributed by atoms with van der Waals surface area (Å²) in [6, 6.07) is 0. The first-order valence-corrected chi connectivity index (χ1v) is 40.4. The Hall–Kier alpha value is -1.94. The summed E-state index contributed by atoms with van der Waals surface area (Å²) in [5.74, 6) is 0.0742. The fourth-order valence-corrected chi connectivity index (χ4v) is 12.4. The minimum atomic E-state index is -4.95. The first-order chi connectivity index (χ1) is 43.8. The molecule has 0 spiro atoms. The largest absolute Gasteiger partial charge is 0.472 e. The van der Waals surface area contributed by atoms with Crippen molar-refractivity contribution in [1.29, 1.82) is 0 Å². The summed E-state index contributed by atoms with van der Waals surface area (Å²) in [6.07, 6.45) is 47.3. The van der Waals surface area contributed by atoms with Crippen LogP contribution < -0.4 is 0 Å². The van der Waals surface area contributed by atoms with Crippen LogP contribution in [0.25, 0.3) is 0 Å². The number of carbonyl (C=O) groups is 4. The van der Waals surface area contributed by atoms with Crippen molar-refractivity contribution in [3.63, 3.8) is 0 Å². The number of hydrogen-bond donors (Lipinski definition) is 3. The number of hydrogen-bond acceptors (Lipinski definition) is 15. The third-order valence-corrected chi connectivity index (χ3v) is 18.9. The van der Waals surface area contributed by atoms with Gasteiger partial charge in [0.2, 0.25) is 0 Å². The molecule has 3 N–H and O–H groups in total. The van der Waals surface area contributed by atoms with Crippen molar-refractivity contribution >= 4 is 39.5 Å². The highest BCUT2D eigenvalue weighted by Crippen LogP contribution is 2.45. The molecule has 0 aromatic carbocycles. The van der Waals surface area contributed by atoms with Crippen molar-refractivity contribution in [2.45, 2.75) is 381 Å². The SMILES string of the molecule is CCCCCCCCCCCCCCCCCCCCC(=O)O[C@H](COC(=O)CCCCCCCCCCC(C)CC)COP(=O)(O)OC[C@@H](O)COP(=O)(O)OC[C@@H](COC(=O)CCCCCCCCCC(C)C)OC(=O)CCCCCCCCCCC(C)C. The molecule has 0 amide bonds. The lowest BCUT2D eigenvalue weighted by Crippen LogP contribution is -2.30. The van der Waals surface area contributed by atoms with Crippen LogP contribution in [0.15, 0.2) is 0 Å². The van der Waals surface area contributed by atoms with E-state index in [4.69, 9.17) is 37.0 Å². The van der Waals surface area contributed by atoms with Gasteiger partial charge < -0.3 is 33.8 Å². The van der Waals surface area contributed by atoms with Gasteiger partial charge in [-0.25, -0.2) is 9.13 Å². The van der Waals surface area contributed by atoms with E-state index in [-0.39, 0.29) is 25.7 Å². The molecule has 6 atom stereocenters. The van der Waals surface area contributed by atoms with Crippen molar-refractivity contribution in [2.75, 3.05) is 39.6 Å². The van der Waals surface area contributed by atoms with Crippen LogP contribution in [-0.4, -0.2) is 96.7 Å². The van der Waals surface area contributed by atoms with E-state index in [1.54, 1.807) is 0 Å². The second-order valence-electron chi connectivity index (χ2n) is 27.2. The Bertz CT molecular complexity index is 1790. The summed E-state index contributed by atoms with van der Waals surface area (Å²) in [4.78, 5) is 72.6. The van der Waals surface area contributed by atoms with Gasteiger partial charge in [-0.15, -0.1) is 0 Å². The molecule has 0 heterocycles. The minimum Gasteiger partial charge on any atom is -0.462 e. The van der Waals surface area contributed by atoms with Gasteiger partial charge >= 0.3 is 39.5 Å². The van der Waals surface area contributed by atoms with Crippen molar-refractivity contribution in [3.05, 3.63) is 0 Å². The zero-order valence-corrected chi connectivity index (χ0v) is 61.1. The Labute approximate surface area is 556 Å². The van der Waals surface area contributed by atoms with Gasteiger partial charge in [-0.1, -0.05) is 312 Å². The number of rotatable bonds is 70. The second kappa shape index (κ2) is 62.8. The minimum absolute atomic E-state index is 0.103. The van der Waals surface area contributed by atoms with Crippen LogP contribution >= 0.6 is 15.6 Å². The summed E-state index contributed by atoms with van der Waals surface area (Å²) in [7, 11) is -9.90. The van der Waals surface area contributed by atoms with Crippen LogP contribution in [0, 0.1) is 17.8 Å². The molecule has 3 unspecified atom stereocenters. The first kappa shape index (κ1) is 89.1. The Balaban J connectivity index is 5.23. The Morgan fingerprint density at radius 1 is 0.319 bits per heavy atom. The van der Waals surface area contributed by atoms with E-state index in [2.05, 4.69) is 48.5 Å². The Morgan fingerprint density at radius 3 is 0.835 bits per heavy atom. The summed E-state index contributed by atoms with van der Waals surface area (Å²) in [5, 5.41) is 10.6.